The fourth-order valence-electron chi connectivity index (χ4n) is 0.393. The summed E-state index contributed by atoms with van der Waals surface area (Å²) in [6.07, 6.45) is 2.69. The first-order valence-electron chi connectivity index (χ1n) is 2.78. The second-order valence-electron chi connectivity index (χ2n) is 1.70. The maximum Gasteiger partial charge on any atom is 0.223 e. The quantitative estimate of drug-likeness (QED) is 0.245. The van der Waals surface area contributed by atoms with Gasteiger partial charge in [0.25, 0.3) is 0 Å². The maximum absolute atomic E-state index is 9.81. The van der Waals surface area contributed by atoms with Crippen molar-refractivity contribution < 1.29 is 4.79 Å². The van der Waals surface area contributed by atoms with Crippen LogP contribution >= 0.6 is 0 Å². The predicted molar refractivity (Wildman–Crippen MR) is 31.9 cm³/mol. The minimum absolute atomic E-state index is 0.635. The summed E-state index contributed by atoms with van der Waals surface area (Å²) in [7, 11) is 0. The second-order valence-corrected chi connectivity index (χ2v) is 1.70. The molecule has 0 fully saturated rings. The molecule has 48 valence electrons. The topological polar surface area (TPSA) is 46.3 Å². The average molecular weight is 116 g/mol. The van der Waals surface area contributed by atoms with E-state index < -0.39 is 0 Å². The number of unbranched alkanes of at least 4 members (excludes halogenated alkanes) is 1. The lowest BCUT2D eigenvalue weighted by Crippen LogP contribution is -2.29. The van der Waals surface area contributed by atoms with E-state index in [0.717, 1.165) is 17.9 Å². The zero-order valence-electron chi connectivity index (χ0n) is 5.13. The molecule has 8 heavy (non-hydrogen) atoms. The summed E-state index contributed by atoms with van der Waals surface area (Å²) in [5, 5.41) is 1.16. The molecule has 0 aliphatic rings. The van der Waals surface area contributed by atoms with Gasteiger partial charge in [-0.25, -0.2) is 5.84 Å². The Morgan fingerprint density at radius 2 is 2.38 bits per heavy atom. The molecule has 2 N–H and O–H groups in total. The van der Waals surface area contributed by atoms with Crippen molar-refractivity contribution in [3.8, 4) is 0 Å². The average Bonchev–Trinajstić information content (AvgIpc) is 1.83. The monoisotopic (exact) mass is 116 g/mol. The normalized spacial score (nSPS) is 8.75. The number of carbonyl (C=O) groups is 1. The molecule has 0 rings (SSSR count). The minimum atomic E-state index is 0.635. The molecular weight excluding hydrogens is 104 g/mol. The van der Waals surface area contributed by atoms with E-state index in [0.29, 0.717) is 13.0 Å². The van der Waals surface area contributed by atoms with Crippen molar-refractivity contribution in [3.63, 3.8) is 0 Å². The van der Waals surface area contributed by atoms with Crippen LogP contribution in [0.25, 0.3) is 0 Å². The molecule has 3 nitrogen and oxygen atoms in total. The molecule has 0 radical (unpaired) electrons. The first-order valence-corrected chi connectivity index (χ1v) is 2.78. The molecule has 0 atom stereocenters. The molecule has 1 amide bonds. The van der Waals surface area contributed by atoms with Gasteiger partial charge in [-0.2, -0.15) is 0 Å². The van der Waals surface area contributed by atoms with Crippen LogP contribution in [0.4, 0.5) is 0 Å². The highest BCUT2D eigenvalue weighted by Gasteiger charge is 1.88. The Bertz CT molecular complexity index is 65.4. The summed E-state index contributed by atoms with van der Waals surface area (Å²) in [5.41, 5.74) is 0. The summed E-state index contributed by atoms with van der Waals surface area (Å²) in [6, 6.07) is 0. The molecule has 0 bridgehead atoms. The van der Waals surface area contributed by atoms with E-state index in [9.17, 15) is 4.79 Å². The number of amides is 1. The third-order valence-electron chi connectivity index (χ3n) is 0.905. The molecule has 0 aliphatic carbocycles. The first kappa shape index (κ1) is 7.43. The third-order valence-corrected chi connectivity index (χ3v) is 0.905. The van der Waals surface area contributed by atoms with Gasteiger partial charge >= 0.3 is 0 Å². The smallest absolute Gasteiger partial charge is 0.223 e. The van der Waals surface area contributed by atoms with Gasteiger partial charge < -0.3 is 0 Å². The van der Waals surface area contributed by atoms with Crippen LogP contribution < -0.4 is 5.84 Å². The largest absolute Gasteiger partial charge is 0.283 e. The van der Waals surface area contributed by atoms with Crippen molar-refractivity contribution in [2.45, 2.75) is 19.8 Å². The number of nitrogens with zero attached hydrogens (tertiary/aromatic N) is 1. The molecule has 0 aromatic carbocycles. The Kier molecular flexibility index (Phi) is 4.26. The fourth-order valence-corrected chi connectivity index (χ4v) is 0.393. The zero-order chi connectivity index (χ0) is 6.41. The lowest BCUT2D eigenvalue weighted by Gasteiger charge is -2.06. The van der Waals surface area contributed by atoms with E-state index in [4.69, 9.17) is 5.84 Å². The molecule has 0 aromatic heterocycles. The van der Waals surface area contributed by atoms with Gasteiger partial charge in [0.15, 0.2) is 0 Å². The Morgan fingerprint density at radius 1 is 1.75 bits per heavy atom. The fraction of sp³-hybridized carbons (Fsp3) is 0.800. The van der Waals surface area contributed by atoms with E-state index >= 15 is 0 Å². The molecule has 0 saturated carbocycles. The summed E-state index contributed by atoms with van der Waals surface area (Å²) in [5.74, 6) is 5.12. The molecule has 3 heteroatoms. The number of hydrazine groups is 1. The Hall–Kier alpha value is -0.570. The molecule has 0 unspecified atom stereocenters. The van der Waals surface area contributed by atoms with E-state index in [-0.39, 0.29) is 0 Å². The number of hydrogen-bond acceptors (Lipinski definition) is 2. The van der Waals surface area contributed by atoms with Crippen LogP contribution in [0.2, 0.25) is 0 Å². The van der Waals surface area contributed by atoms with Gasteiger partial charge in [-0.15, -0.1) is 0 Å². The zero-order valence-corrected chi connectivity index (χ0v) is 5.13. The van der Waals surface area contributed by atoms with Gasteiger partial charge in [-0.3, -0.25) is 9.80 Å². The highest BCUT2D eigenvalue weighted by Crippen LogP contribution is 1.84. The molecule has 0 spiro atoms. The lowest BCUT2D eigenvalue weighted by molar-refractivity contribution is -0.118. The van der Waals surface area contributed by atoms with Crippen LogP contribution in [0.1, 0.15) is 19.8 Å². The lowest BCUT2D eigenvalue weighted by atomic mass is 10.3. The van der Waals surface area contributed by atoms with Crippen LogP contribution in [-0.2, 0) is 4.79 Å². The van der Waals surface area contributed by atoms with Gasteiger partial charge in [0.2, 0.25) is 6.41 Å². The van der Waals surface area contributed by atoms with Crippen molar-refractivity contribution in [2.75, 3.05) is 6.54 Å². The Labute approximate surface area is 49.4 Å². The Morgan fingerprint density at radius 3 is 2.75 bits per heavy atom. The number of carbonyl (C=O) groups excluding carboxylic acids is 1. The van der Waals surface area contributed by atoms with Crippen molar-refractivity contribution in [1.29, 1.82) is 0 Å². The van der Waals surface area contributed by atoms with Gasteiger partial charge in [0, 0.05) is 6.54 Å². The van der Waals surface area contributed by atoms with E-state index in [1.165, 1.54) is 0 Å². The minimum Gasteiger partial charge on any atom is -0.283 e. The van der Waals surface area contributed by atoms with Gasteiger partial charge in [-0.1, -0.05) is 13.3 Å². The van der Waals surface area contributed by atoms with E-state index in [1.807, 2.05) is 0 Å². The standard InChI is InChI=1S/C5H12N2O/c1-2-3-4-7(6)5-8/h5H,2-4,6H2,1H3. The molecule has 0 aliphatic heterocycles. The number of nitrogens with two attached hydrogens (primary N) is 1. The summed E-state index contributed by atoms with van der Waals surface area (Å²) >= 11 is 0. The third kappa shape index (κ3) is 3.61. The van der Waals surface area contributed by atoms with Crippen molar-refractivity contribution >= 4 is 6.41 Å². The van der Waals surface area contributed by atoms with Crippen LogP contribution in [0, 0.1) is 0 Å². The molecule has 0 heterocycles. The first-order chi connectivity index (χ1) is 3.81. The summed E-state index contributed by atoms with van der Waals surface area (Å²) in [4.78, 5) is 9.81. The number of rotatable bonds is 4. The van der Waals surface area contributed by atoms with Crippen molar-refractivity contribution in [1.82, 2.24) is 5.01 Å². The van der Waals surface area contributed by atoms with E-state index in [2.05, 4.69) is 6.92 Å². The van der Waals surface area contributed by atoms with Crippen LogP contribution in [-0.4, -0.2) is 18.0 Å². The maximum atomic E-state index is 9.81. The Balaban J connectivity index is 2.98. The highest BCUT2D eigenvalue weighted by molar-refractivity contribution is 5.45. The van der Waals surface area contributed by atoms with E-state index in [1.54, 1.807) is 0 Å². The second kappa shape index (κ2) is 4.59. The number of hydrogen-bond donors (Lipinski definition) is 1. The highest BCUT2D eigenvalue weighted by atomic mass is 16.1. The predicted octanol–water partition coefficient (Wildman–Crippen LogP) is 0.119. The summed E-state index contributed by atoms with van der Waals surface area (Å²) < 4.78 is 0. The molecule has 0 aromatic rings. The van der Waals surface area contributed by atoms with Crippen molar-refractivity contribution in [2.24, 2.45) is 5.84 Å². The van der Waals surface area contributed by atoms with Gasteiger partial charge in [0.1, 0.15) is 0 Å². The van der Waals surface area contributed by atoms with Crippen molar-refractivity contribution in [3.05, 3.63) is 0 Å². The SMILES string of the molecule is CCCCN(N)C=O. The van der Waals surface area contributed by atoms with Gasteiger partial charge in [0.05, 0.1) is 0 Å². The molecule has 0 saturated heterocycles. The van der Waals surface area contributed by atoms with Gasteiger partial charge in [-0.05, 0) is 6.42 Å². The van der Waals surface area contributed by atoms with Crippen LogP contribution in [0.5, 0.6) is 0 Å². The summed E-state index contributed by atoms with van der Waals surface area (Å²) in [6.45, 7) is 2.72. The van der Waals surface area contributed by atoms with Crippen LogP contribution in [0.3, 0.4) is 0 Å². The molecular formula is C5H12N2O. The van der Waals surface area contributed by atoms with Crippen LogP contribution in [0.15, 0.2) is 0 Å².